The molecule has 0 aromatic rings. The Kier molecular flexibility index (Phi) is 1.13. The average Bonchev–Trinajstić information content (AvgIpc) is 1.69. The second kappa shape index (κ2) is 1.79. The summed E-state index contributed by atoms with van der Waals surface area (Å²) in [6.07, 6.45) is 3.26. The molecule has 2 N–H and O–H groups in total. The number of allylic oxidation sites excluding steroid dienone is 1. The van der Waals surface area contributed by atoms with E-state index in [2.05, 4.69) is 10.4 Å². The molecule has 1 rings (SSSR count). The maximum atomic E-state index is 8.60. The molecule has 0 fully saturated rings. The summed E-state index contributed by atoms with van der Waals surface area (Å²) in [6, 6.07) is 0. The fraction of sp³-hybridized carbons (Fsp3) is 0. The molecule has 3 nitrogen and oxygen atoms in total. The van der Waals surface area contributed by atoms with E-state index in [1.165, 1.54) is 0 Å². The molecule has 0 spiro atoms. The lowest BCUT2D eigenvalue weighted by Gasteiger charge is -1.99. The molecule has 0 atom stereocenters. The monoisotopic (exact) mass is 96.0 g/mol. The van der Waals surface area contributed by atoms with E-state index in [1.807, 2.05) is 0 Å². The first kappa shape index (κ1) is 4.40. The number of hydrogen-bond donors (Lipinski definition) is 2. The zero-order chi connectivity index (χ0) is 5.11. The molecule has 36 valence electrons. The van der Waals surface area contributed by atoms with Gasteiger partial charge in [-0.1, -0.05) is 12.1 Å². The number of hydrazone groups is 1. The molecule has 1 heterocycles. The standard InChI is InChI=1S/C3H5BN2O/c7-4-2-1-3-5-6-4/h1-3,6-7H. The third-order valence-corrected chi connectivity index (χ3v) is 0.661. The fourth-order valence-corrected chi connectivity index (χ4v) is 0.360. The molecular formula is C3H5BN2O. The Morgan fingerprint density at radius 2 is 2.57 bits per heavy atom. The van der Waals surface area contributed by atoms with Crippen LogP contribution in [0.25, 0.3) is 0 Å². The molecule has 1 aliphatic rings. The first-order chi connectivity index (χ1) is 3.39. The van der Waals surface area contributed by atoms with E-state index in [4.69, 9.17) is 5.02 Å². The molecule has 7 heavy (non-hydrogen) atoms. The van der Waals surface area contributed by atoms with Crippen LogP contribution >= 0.6 is 0 Å². The molecule has 0 bridgehead atoms. The fourth-order valence-electron chi connectivity index (χ4n) is 0.360. The van der Waals surface area contributed by atoms with E-state index in [0.29, 0.717) is 0 Å². The normalized spacial score (nSPS) is 17.0. The Hall–Kier alpha value is -0.765. The van der Waals surface area contributed by atoms with Gasteiger partial charge in [-0.25, -0.2) is 0 Å². The van der Waals surface area contributed by atoms with E-state index >= 15 is 0 Å². The van der Waals surface area contributed by atoms with Gasteiger partial charge >= 0.3 is 7.05 Å². The zero-order valence-corrected chi connectivity index (χ0v) is 3.70. The molecule has 0 unspecified atom stereocenters. The van der Waals surface area contributed by atoms with Crippen molar-refractivity contribution in [1.29, 1.82) is 0 Å². The highest BCUT2D eigenvalue weighted by atomic mass is 16.2. The molecule has 0 radical (unpaired) electrons. The lowest BCUT2D eigenvalue weighted by Crippen LogP contribution is -2.29. The molecule has 4 heteroatoms. The highest BCUT2D eigenvalue weighted by Gasteiger charge is 2.03. The molecule has 0 aromatic heterocycles. The van der Waals surface area contributed by atoms with Crippen molar-refractivity contribution in [2.75, 3.05) is 0 Å². The highest BCUT2D eigenvalue weighted by molar-refractivity contribution is 6.54. The summed E-state index contributed by atoms with van der Waals surface area (Å²) >= 11 is 0. The summed E-state index contributed by atoms with van der Waals surface area (Å²) < 4.78 is 0. The van der Waals surface area contributed by atoms with Crippen LogP contribution in [0.3, 0.4) is 0 Å². The lowest BCUT2D eigenvalue weighted by molar-refractivity contribution is 0.564. The van der Waals surface area contributed by atoms with Gasteiger partial charge in [-0.15, -0.1) is 0 Å². The van der Waals surface area contributed by atoms with Crippen LogP contribution in [0.2, 0.25) is 0 Å². The second-order valence-electron chi connectivity index (χ2n) is 1.24. The molecule has 0 aliphatic carbocycles. The van der Waals surface area contributed by atoms with Crippen molar-refractivity contribution in [2.24, 2.45) is 5.10 Å². The summed E-state index contributed by atoms with van der Waals surface area (Å²) in [5.74, 6) is 1.60. The third-order valence-electron chi connectivity index (χ3n) is 0.661. The van der Waals surface area contributed by atoms with Crippen molar-refractivity contribution in [3.8, 4) is 0 Å². The summed E-state index contributed by atoms with van der Waals surface area (Å²) in [6.45, 7) is 0. The Morgan fingerprint density at radius 3 is 2.86 bits per heavy atom. The van der Waals surface area contributed by atoms with Gasteiger partial charge in [0.25, 0.3) is 0 Å². The average molecular weight is 95.9 g/mol. The van der Waals surface area contributed by atoms with Gasteiger partial charge in [0.2, 0.25) is 0 Å². The summed E-state index contributed by atoms with van der Waals surface area (Å²) in [5.41, 5.74) is 0. The van der Waals surface area contributed by atoms with Gasteiger partial charge in [0.05, 0.1) is 0 Å². The topological polar surface area (TPSA) is 44.6 Å². The van der Waals surface area contributed by atoms with Crippen LogP contribution in [0, 0.1) is 0 Å². The van der Waals surface area contributed by atoms with E-state index in [-0.39, 0.29) is 0 Å². The quantitative estimate of drug-likeness (QED) is 0.386. The van der Waals surface area contributed by atoms with E-state index in [1.54, 1.807) is 18.3 Å². The van der Waals surface area contributed by atoms with Crippen LogP contribution in [-0.4, -0.2) is 18.3 Å². The molecule has 1 aliphatic heterocycles. The van der Waals surface area contributed by atoms with Gasteiger partial charge in [-0.3, -0.25) is 0 Å². The van der Waals surface area contributed by atoms with Crippen molar-refractivity contribution in [1.82, 2.24) is 5.34 Å². The van der Waals surface area contributed by atoms with Crippen LogP contribution in [0.5, 0.6) is 0 Å². The largest absolute Gasteiger partial charge is 0.455 e. The molecule has 0 aromatic carbocycles. The number of nitrogens with zero attached hydrogens (tertiary/aromatic N) is 1. The van der Waals surface area contributed by atoms with Gasteiger partial charge in [-0.05, 0) is 0 Å². The SMILES string of the molecule is OB1C=CC=NN1. The van der Waals surface area contributed by atoms with E-state index in [0.717, 1.165) is 0 Å². The zero-order valence-electron chi connectivity index (χ0n) is 3.70. The lowest BCUT2D eigenvalue weighted by atomic mass is 9.85. The van der Waals surface area contributed by atoms with Crippen LogP contribution in [-0.2, 0) is 0 Å². The van der Waals surface area contributed by atoms with Crippen LogP contribution < -0.4 is 5.34 Å². The van der Waals surface area contributed by atoms with E-state index < -0.39 is 7.05 Å². The predicted octanol–water partition coefficient (Wildman–Crippen LogP) is -0.849. The number of nitrogens with one attached hydrogen (secondary N) is 1. The van der Waals surface area contributed by atoms with Crippen molar-refractivity contribution in [3.63, 3.8) is 0 Å². The first-order valence-electron chi connectivity index (χ1n) is 2.03. The first-order valence-corrected chi connectivity index (χ1v) is 2.03. The van der Waals surface area contributed by atoms with Gasteiger partial charge in [-0.2, -0.15) is 5.10 Å². The van der Waals surface area contributed by atoms with Gasteiger partial charge < -0.3 is 10.4 Å². The summed E-state index contributed by atoms with van der Waals surface area (Å²) in [7, 11) is -0.593. The predicted molar refractivity (Wildman–Crippen MR) is 28.7 cm³/mol. The van der Waals surface area contributed by atoms with Crippen LogP contribution in [0.1, 0.15) is 0 Å². The van der Waals surface area contributed by atoms with Gasteiger partial charge in [0.15, 0.2) is 0 Å². The number of rotatable bonds is 0. The van der Waals surface area contributed by atoms with Crippen molar-refractivity contribution in [2.45, 2.75) is 0 Å². The molecular weight excluding hydrogens is 90.9 g/mol. The Balaban J connectivity index is 2.49. The van der Waals surface area contributed by atoms with Crippen molar-refractivity contribution < 1.29 is 5.02 Å². The van der Waals surface area contributed by atoms with Crippen LogP contribution in [0.4, 0.5) is 0 Å². The van der Waals surface area contributed by atoms with E-state index in [9.17, 15) is 0 Å². The Morgan fingerprint density at radius 1 is 1.71 bits per heavy atom. The Bertz CT molecular complexity index is 112. The maximum Gasteiger partial charge on any atom is 0.455 e. The summed E-state index contributed by atoms with van der Waals surface area (Å²) in [5, 5.41) is 14.6. The minimum atomic E-state index is -0.593. The molecule has 0 saturated heterocycles. The van der Waals surface area contributed by atoms with Gasteiger partial charge in [0.1, 0.15) is 0 Å². The maximum absolute atomic E-state index is 8.60. The van der Waals surface area contributed by atoms with Crippen molar-refractivity contribution >= 4 is 13.3 Å². The smallest absolute Gasteiger partial charge is 0.428 e. The Labute approximate surface area is 41.9 Å². The molecule has 0 saturated carbocycles. The minimum Gasteiger partial charge on any atom is -0.428 e. The van der Waals surface area contributed by atoms with Crippen molar-refractivity contribution in [3.05, 3.63) is 12.1 Å². The highest BCUT2D eigenvalue weighted by Crippen LogP contribution is 1.78. The minimum absolute atomic E-state index is 0.593. The molecule has 0 amide bonds. The second-order valence-corrected chi connectivity index (χ2v) is 1.24. The summed E-state index contributed by atoms with van der Waals surface area (Å²) in [4.78, 5) is 0. The van der Waals surface area contributed by atoms with Gasteiger partial charge in [0, 0.05) is 6.21 Å². The number of hydrogen-bond acceptors (Lipinski definition) is 3. The van der Waals surface area contributed by atoms with Crippen LogP contribution in [0.15, 0.2) is 17.2 Å². The third kappa shape index (κ3) is 1.05.